The van der Waals surface area contributed by atoms with Crippen molar-refractivity contribution in [1.82, 2.24) is 0 Å². The average Bonchev–Trinajstić information content (AvgIpc) is 3.47. The van der Waals surface area contributed by atoms with Crippen molar-refractivity contribution in [2.45, 2.75) is 15.9 Å². The Hall–Kier alpha value is -2.61. The summed E-state index contributed by atoms with van der Waals surface area (Å²) in [7, 11) is 0. The number of hydrazone groups is 1. The predicted molar refractivity (Wildman–Crippen MR) is 164 cm³/mol. The molecule has 9 heteroatoms. The largest absolute Gasteiger partial charge is 0.461 e. The van der Waals surface area contributed by atoms with E-state index in [4.69, 9.17) is 44.6 Å². The molecule has 4 aromatic rings. The van der Waals surface area contributed by atoms with E-state index in [0.717, 1.165) is 27.9 Å². The number of halogens is 3. The van der Waals surface area contributed by atoms with Crippen molar-refractivity contribution in [2.24, 2.45) is 5.10 Å². The standard InChI is InChI=1S/C30H21Cl3N2O2S2/c1-2-37-28(36)27-34-35(24-7-5-6-23(33)18-24)30(38-27)26-9-4-3-8-25(26)29(39-30,19-10-14-21(31)15-11-19)20-12-16-22(32)17-13-20/h3-18H,2H2,1H3. The Bertz CT molecular complexity index is 1550. The van der Waals surface area contributed by atoms with Crippen LogP contribution in [-0.4, -0.2) is 17.6 Å². The Kier molecular flexibility index (Phi) is 7.11. The van der Waals surface area contributed by atoms with E-state index in [0.29, 0.717) is 15.1 Å². The molecule has 0 fully saturated rings. The Balaban J connectivity index is 1.63. The number of carbonyl (C=O) groups is 1. The van der Waals surface area contributed by atoms with E-state index in [1.165, 1.54) is 11.8 Å². The molecule has 39 heavy (non-hydrogen) atoms. The number of anilines is 1. The SMILES string of the molecule is CCOC(=O)C1=NN(c2cccc(Cl)c2)C2(S1)SC(c1ccc(Cl)cc1)(c1ccc(Cl)cc1)c1ccccc12. The zero-order valence-electron chi connectivity index (χ0n) is 20.6. The van der Waals surface area contributed by atoms with Crippen molar-refractivity contribution in [3.8, 4) is 0 Å². The topological polar surface area (TPSA) is 41.9 Å². The third-order valence-corrected chi connectivity index (χ3v) is 10.7. The van der Waals surface area contributed by atoms with Crippen LogP contribution in [0.25, 0.3) is 0 Å². The highest BCUT2D eigenvalue weighted by Crippen LogP contribution is 2.71. The van der Waals surface area contributed by atoms with Gasteiger partial charge in [-0.2, -0.15) is 5.10 Å². The number of nitrogens with zero attached hydrogens (tertiary/aromatic N) is 2. The molecule has 4 nitrogen and oxygen atoms in total. The predicted octanol–water partition coefficient (Wildman–Crippen LogP) is 8.93. The van der Waals surface area contributed by atoms with Crippen LogP contribution in [0.3, 0.4) is 0 Å². The van der Waals surface area contributed by atoms with Gasteiger partial charge in [0.05, 0.1) is 17.0 Å². The molecular formula is C30H21Cl3N2O2S2. The number of carbonyl (C=O) groups excluding carboxylic acids is 1. The Morgan fingerprint density at radius 3 is 2.03 bits per heavy atom. The highest BCUT2D eigenvalue weighted by molar-refractivity contribution is 8.27. The molecular weight excluding hydrogens is 591 g/mol. The van der Waals surface area contributed by atoms with Gasteiger partial charge in [-0.15, -0.1) is 0 Å². The summed E-state index contributed by atoms with van der Waals surface area (Å²) in [4.78, 5) is 13.1. The van der Waals surface area contributed by atoms with E-state index >= 15 is 0 Å². The van der Waals surface area contributed by atoms with Crippen LogP contribution in [0, 0.1) is 0 Å². The summed E-state index contributed by atoms with van der Waals surface area (Å²) >= 11 is 22.2. The van der Waals surface area contributed by atoms with E-state index in [1.54, 1.807) is 18.7 Å². The second-order valence-electron chi connectivity index (χ2n) is 8.94. The molecule has 1 unspecified atom stereocenters. The summed E-state index contributed by atoms with van der Waals surface area (Å²) in [5.41, 5.74) is 4.95. The summed E-state index contributed by atoms with van der Waals surface area (Å²) in [5, 5.41) is 8.90. The number of fused-ring (bicyclic) bond motifs is 2. The van der Waals surface area contributed by atoms with Crippen LogP contribution in [0.15, 0.2) is 102 Å². The van der Waals surface area contributed by atoms with Crippen LogP contribution in [0.5, 0.6) is 0 Å². The van der Waals surface area contributed by atoms with Crippen LogP contribution in [0.1, 0.15) is 29.2 Å². The first kappa shape index (κ1) is 26.6. The highest BCUT2D eigenvalue weighted by atomic mass is 35.5. The molecule has 196 valence electrons. The molecule has 0 aromatic heterocycles. The molecule has 0 radical (unpaired) electrons. The first-order chi connectivity index (χ1) is 18.9. The molecule has 0 saturated heterocycles. The van der Waals surface area contributed by atoms with E-state index in [2.05, 4.69) is 36.4 Å². The fourth-order valence-corrected chi connectivity index (χ4v) is 9.04. The number of rotatable bonds is 5. The maximum atomic E-state index is 13.1. The molecule has 2 aliphatic heterocycles. The fraction of sp³-hybridized carbons (Fsp3) is 0.133. The van der Waals surface area contributed by atoms with Crippen molar-refractivity contribution >= 4 is 75.0 Å². The maximum Gasteiger partial charge on any atom is 0.365 e. The second-order valence-corrected chi connectivity index (χ2v) is 13.1. The minimum Gasteiger partial charge on any atom is -0.461 e. The van der Waals surface area contributed by atoms with Gasteiger partial charge in [-0.1, -0.05) is 113 Å². The van der Waals surface area contributed by atoms with E-state index < -0.39 is 14.9 Å². The summed E-state index contributed by atoms with van der Waals surface area (Å²) in [6.07, 6.45) is 0. The number of hydrogen-bond acceptors (Lipinski definition) is 6. The van der Waals surface area contributed by atoms with E-state index in [9.17, 15) is 4.79 Å². The first-order valence-corrected chi connectivity index (χ1v) is 15.0. The van der Waals surface area contributed by atoms with Crippen LogP contribution in [-0.2, 0) is 18.5 Å². The van der Waals surface area contributed by atoms with E-state index in [1.807, 2.05) is 65.7 Å². The Morgan fingerprint density at radius 1 is 0.821 bits per heavy atom. The minimum absolute atomic E-state index is 0.256. The van der Waals surface area contributed by atoms with Gasteiger partial charge < -0.3 is 4.74 Å². The molecule has 0 N–H and O–H groups in total. The lowest BCUT2D eigenvalue weighted by molar-refractivity contribution is -0.134. The summed E-state index contributed by atoms with van der Waals surface area (Å²) < 4.78 is 3.87. The lowest BCUT2D eigenvalue weighted by atomic mass is 9.82. The van der Waals surface area contributed by atoms with Gasteiger partial charge in [-0.05, 0) is 66.1 Å². The normalized spacial score (nSPS) is 19.2. The van der Waals surface area contributed by atoms with Gasteiger partial charge in [0, 0.05) is 20.6 Å². The smallest absolute Gasteiger partial charge is 0.365 e. The van der Waals surface area contributed by atoms with Crippen molar-refractivity contribution in [3.05, 3.63) is 134 Å². The number of esters is 1. The zero-order valence-corrected chi connectivity index (χ0v) is 24.5. The number of hydrogen-bond donors (Lipinski definition) is 0. The molecule has 6 rings (SSSR count). The van der Waals surface area contributed by atoms with Crippen LogP contribution in [0.4, 0.5) is 5.69 Å². The summed E-state index contributed by atoms with van der Waals surface area (Å²) in [6.45, 7) is 2.04. The minimum atomic E-state index is -0.845. The first-order valence-electron chi connectivity index (χ1n) is 12.2. The van der Waals surface area contributed by atoms with Gasteiger partial charge in [0.2, 0.25) is 5.04 Å². The maximum absolute atomic E-state index is 13.1. The average molecular weight is 612 g/mol. The molecule has 0 aliphatic carbocycles. The molecule has 0 bridgehead atoms. The summed E-state index contributed by atoms with van der Waals surface area (Å²) in [6, 6.07) is 31.6. The number of ether oxygens (including phenoxy) is 1. The van der Waals surface area contributed by atoms with Gasteiger partial charge in [0.1, 0.15) is 0 Å². The van der Waals surface area contributed by atoms with Gasteiger partial charge in [0.25, 0.3) is 0 Å². The van der Waals surface area contributed by atoms with Gasteiger partial charge in [0.15, 0.2) is 4.20 Å². The van der Waals surface area contributed by atoms with Crippen molar-refractivity contribution in [3.63, 3.8) is 0 Å². The van der Waals surface area contributed by atoms with Crippen LogP contribution in [0.2, 0.25) is 15.1 Å². The second kappa shape index (κ2) is 10.4. The summed E-state index contributed by atoms with van der Waals surface area (Å²) in [5.74, 6) is -0.458. The van der Waals surface area contributed by atoms with Crippen molar-refractivity contribution < 1.29 is 9.53 Å². The van der Waals surface area contributed by atoms with Crippen molar-refractivity contribution in [2.75, 3.05) is 11.6 Å². The lowest BCUT2D eigenvalue weighted by Crippen LogP contribution is -2.34. The third kappa shape index (κ3) is 4.43. The molecule has 2 aliphatic rings. The zero-order chi connectivity index (χ0) is 27.2. The molecule has 1 spiro atoms. The molecule has 2 heterocycles. The quantitative estimate of drug-likeness (QED) is 0.211. The van der Waals surface area contributed by atoms with Gasteiger partial charge in [-0.25, -0.2) is 9.80 Å². The highest BCUT2D eigenvalue weighted by Gasteiger charge is 2.62. The molecule has 0 amide bonds. The molecule has 0 saturated carbocycles. The van der Waals surface area contributed by atoms with Crippen LogP contribution >= 0.6 is 58.3 Å². The fourth-order valence-electron chi connectivity index (χ4n) is 5.04. The Morgan fingerprint density at radius 2 is 1.44 bits per heavy atom. The van der Waals surface area contributed by atoms with Crippen molar-refractivity contribution in [1.29, 1.82) is 0 Å². The third-order valence-electron chi connectivity index (χ3n) is 6.65. The van der Waals surface area contributed by atoms with E-state index in [-0.39, 0.29) is 11.7 Å². The number of thioether (sulfide) groups is 2. The lowest BCUT2D eigenvalue weighted by Gasteiger charge is -2.37. The Labute approximate surface area is 250 Å². The monoisotopic (exact) mass is 610 g/mol. The number of benzene rings is 4. The van der Waals surface area contributed by atoms with Gasteiger partial charge in [-0.3, -0.25) is 0 Å². The molecule has 4 aromatic carbocycles. The van der Waals surface area contributed by atoms with Crippen LogP contribution < -0.4 is 5.01 Å². The molecule has 1 atom stereocenters. The van der Waals surface area contributed by atoms with Gasteiger partial charge >= 0.3 is 5.97 Å².